The second-order valence-electron chi connectivity index (χ2n) is 10.7. The number of carbonyl (C=O) groups excluding carboxylic acids is 3. The molecule has 0 aromatic heterocycles. The smallest absolute Gasteiger partial charge is 0.340 e. The molecule has 0 saturated carbocycles. The maximum atomic E-state index is 13.4. The van der Waals surface area contributed by atoms with Gasteiger partial charge in [0, 0.05) is 27.8 Å². The minimum atomic E-state index is -4.85. The minimum absolute atomic E-state index is 0.00774. The first-order valence-corrected chi connectivity index (χ1v) is 17.1. The number of aromatic hydroxyl groups is 2. The molecule has 2 atom stereocenters. The summed E-state index contributed by atoms with van der Waals surface area (Å²) in [6.45, 7) is 0. The SMILES string of the molecule is [N-]=NC1C=Cc2c(cccc2S(=O)(=O)Oc2ccc(C(=O)c3ccc(O)c(OS(=O)(=O)c4cccc5c4C=CC(N=[N-])C5=O)c3O)cc2)C1=O. The van der Waals surface area contributed by atoms with E-state index in [1.165, 1.54) is 66.8 Å². The van der Waals surface area contributed by atoms with Crippen molar-refractivity contribution in [2.24, 2.45) is 10.2 Å². The van der Waals surface area contributed by atoms with E-state index in [-0.39, 0.29) is 38.5 Å². The summed E-state index contributed by atoms with van der Waals surface area (Å²) in [4.78, 5) is 37.6. The van der Waals surface area contributed by atoms with Gasteiger partial charge in [-0.15, -0.1) is 0 Å². The third kappa shape index (κ3) is 5.84. The Labute approximate surface area is 283 Å². The molecule has 0 aliphatic heterocycles. The van der Waals surface area contributed by atoms with E-state index in [1.807, 2.05) is 0 Å². The molecular weight excluding hydrogens is 693 g/mol. The van der Waals surface area contributed by atoms with E-state index in [1.54, 1.807) is 0 Å². The van der Waals surface area contributed by atoms with Crippen LogP contribution in [0.1, 0.15) is 47.8 Å². The molecule has 17 heteroatoms. The van der Waals surface area contributed by atoms with E-state index < -0.39 is 77.4 Å². The Morgan fingerprint density at radius 2 is 1.18 bits per heavy atom. The van der Waals surface area contributed by atoms with Gasteiger partial charge in [-0.1, -0.05) is 48.6 Å². The summed E-state index contributed by atoms with van der Waals surface area (Å²) in [5, 5.41) is 27.2. The van der Waals surface area contributed by atoms with E-state index in [0.717, 1.165) is 30.3 Å². The number of hydrogen-bond acceptors (Lipinski definition) is 13. The van der Waals surface area contributed by atoms with Gasteiger partial charge in [0.25, 0.3) is 0 Å². The van der Waals surface area contributed by atoms with E-state index in [9.17, 15) is 41.4 Å². The molecule has 2 aliphatic carbocycles. The Balaban J connectivity index is 1.25. The van der Waals surface area contributed by atoms with Crippen LogP contribution in [0, 0.1) is 0 Å². The van der Waals surface area contributed by atoms with Crippen molar-refractivity contribution in [2.75, 3.05) is 0 Å². The van der Waals surface area contributed by atoms with Crippen LogP contribution >= 0.6 is 0 Å². The third-order valence-electron chi connectivity index (χ3n) is 7.75. The number of rotatable bonds is 10. The van der Waals surface area contributed by atoms with E-state index in [4.69, 9.17) is 19.4 Å². The fourth-order valence-corrected chi connectivity index (χ4v) is 7.63. The maximum Gasteiger partial charge on any atom is 0.340 e. The van der Waals surface area contributed by atoms with Crippen LogP contribution in [-0.2, 0) is 20.2 Å². The Kier molecular flexibility index (Phi) is 8.46. The van der Waals surface area contributed by atoms with E-state index in [0.29, 0.717) is 0 Å². The topological polar surface area (TPSA) is 248 Å². The van der Waals surface area contributed by atoms with Crippen LogP contribution in [0.4, 0.5) is 0 Å². The van der Waals surface area contributed by atoms with Crippen molar-refractivity contribution in [3.63, 3.8) is 0 Å². The van der Waals surface area contributed by atoms with Crippen molar-refractivity contribution in [1.29, 1.82) is 0 Å². The lowest BCUT2D eigenvalue weighted by Gasteiger charge is -2.19. The van der Waals surface area contributed by atoms with Crippen LogP contribution in [-0.4, -0.2) is 56.5 Å². The second-order valence-corrected chi connectivity index (χ2v) is 13.8. The fourth-order valence-electron chi connectivity index (χ4n) is 5.32. The molecule has 15 nitrogen and oxygen atoms in total. The predicted molar refractivity (Wildman–Crippen MR) is 174 cm³/mol. The largest absolute Gasteiger partial charge is 0.711 e. The lowest BCUT2D eigenvalue weighted by atomic mass is 9.93. The lowest BCUT2D eigenvalue weighted by molar-refractivity contribution is 0.0969. The molecule has 0 bridgehead atoms. The average Bonchev–Trinajstić information content (AvgIpc) is 3.10. The van der Waals surface area contributed by atoms with Crippen molar-refractivity contribution in [3.8, 4) is 23.0 Å². The average molecular weight is 713 g/mol. The number of ketones is 3. The van der Waals surface area contributed by atoms with Gasteiger partial charge in [-0.2, -0.15) is 16.8 Å². The molecule has 252 valence electrons. The van der Waals surface area contributed by atoms with Crippen LogP contribution in [0.25, 0.3) is 23.2 Å². The normalized spacial score (nSPS) is 16.6. The monoisotopic (exact) mass is 712 g/mol. The van der Waals surface area contributed by atoms with Crippen molar-refractivity contribution < 1.29 is 49.8 Å². The summed E-state index contributed by atoms with van der Waals surface area (Å²) in [5.41, 5.74) is 17.4. The van der Waals surface area contributed by atoms with E-state index in [2.05, 4.69) is 10.2 Å². The highest BCUT2D eigenvalue weighted by atomic mass is 32.2. The third-order valence-corrected chi connectivity index (χ3v) is 10.3. The summed E-state index contributed by atoms with van der Waals surface area (Å²) in [6, 6.07) is 11.7. The first-order valence-electron chi connectivity index (χ1n) is 14.3. The Morgan fingerprint density at radius 1 is 0.680 bits per heavy atom. The highest BCUT2D eigenvalue weighted by Gasteiger charge is 2.32. The summed E-state index contributed by atoms with van der Waals surface area (Å²) < 4.78 is 63.3. The van der Waals surface area contributed by atoms with Crippen molar-refractivity contribution >= 4 is 49.7 Å². The molecule has 2 aliphatic rings. The number of fused-ring (bicyclic) bond motifs is 2. The molecule has 50 heavy (non-hydrogen) atoms. The van der Waals surface area contributed by atoms with Gasteiger partial charge in [0.1, 0.15) is 27.6 Å². The van der Waals surface area contributed by atoms with Gasteiger partial charge in [-0.05, 0) is 48.5 Å². The number of hydrogen-bond donors (Lipinski definition) is 2. The fraction of sp³-hybridized carbons (Fsp3) is 0.0606. The zero-order valence-corrected chi connectivity index (χ0v) is 26.7. The molecule has 6 rings (SSSR count). The first kappa shape index (κ1) is 33.6. The standard InChI is InChI=1S/C33H20N4O11S2/c34-36-24-14-11-19-21(30(24)40)3-1-5-27(19)49(43,44)47-18-9-7-17(8-10-18)29(39)23-13-16-26(38)33(32(23)42)48-50(45,46)28-6-2-4-22-20(28)12-15-25(37-35)31(22)41/h1-16,24-25,38,42H/q-2. The summed E-state index contributed by atoms with van der Waals surface area (Å²) in [6.07, 6.45) is 4.96. The Hall–Kier alpha value is -6.33. The predicted octanol–water partition coefficient (Wildman–Crippen LogP) is 5.06. The molecule has 0 saturated heterocycles. The Morgan fingerprint density at radius 3 is 1.68 bits per heavy atom. The van der Waals surface area contributed by atoms with Gasteiger partial charge in [-0.3, -0.25) is 14.4 Å². The highest BCUT2D eigenvalue weighted by molar-refractivity contribution is 7.87. The van der Waals surface area contributed by atoms with Crippen LogP contribution in [0.2, 0.25) is 0 Å². The number of phenolic OH excluding ortho intramolecular Hbond substituents is 2. The zero-order valence-electron chi connectivity index (χ0n) is 25.1. The first-order chi connectivity index (χ1) is 23.8. The molecule has 4 aromatic rings. The number of nitrogens with zero attached hydrogens (tertiary/aromatic N) is 4. The molecule has 0 spiro atoms. The van der Waals surface area contributed by atoms with Crippen LogP contribution in [0.3, 0.4) is 0 Å². The van der Waals surface area contributed by atoms with Crippen LogP contribution in [0.5, 0.6) is 23.0 Å². The summed E-state index contributed by atoms with van der Waals surface area (Å²) >= 11 is 0. The van der Waals surface area contributed by atoms with Crippen molar-refractivity contribution in [2.45, 2.75) is 21.9 Å². The number of Topliss-reactive ketones (excluding diaryl/α,β-unsaturated/α-hetero) is 2. The molecular formula is C33H20N4O11S2-2. The van der Waals surface area contributed by atoms with E-state index >= 15 is 0 Å². The van der Waals surface area contributed by atoms with Gasteiger partial charge in [0.2, 0.25) is 5.75 Å². The second kappa shape index (κ2) is 12.6. The number of carbonyl (C=O) groups is 3. The van der Waals surface area contributed by atoms with Gasteiger partial charge in [0.05, 0.1) is 5.56 Å². The van der Waals surface area contributed by atoms with Crippen LogP contribution < -0.4 is 8.37 Å². The molecule has 0 amide bonds. The lowest BCUT2D eigenvalue weighted by Crippen LogP contribution is -2.22. The van der Waals surface area contributed by atoms with Gasteiger partial charge in [0.15, 0.2) is 28.8 Å². The van der Waals surface area contributed by atoms with Gasteiger partial charge >= 0.3 is 20.2 Å². The van der Waals surface area contributed by atoms with Gasteiger partial charge < -0.3 is 39.9 Å². The molecule has 2 unspecified atom stereocenters. The van der Waals surface area contributed by atoms with Crippen LogP contribution in [0.15, 0.2) is 105 Å². The minimum Gasteiger partial charge on any atom is -0.711 e. The molecule has 4 aromatic carbocycles. The zero-order chi connectivity index (χ0) is 36.0. The maximum absolute atomic E-state index is 13.4. The van der Waals surface area contributed by atoms with Gasteiger partial charge in [-0.25, -0.2) is 0 Å². The highest BCUT2D eigenvalue weighted by Crippen LogP contribution is 2.42. The molecule has 0 heterocycles. The molecule has 0 radical (unpaired) electrons. The summed E-state index contributed by atoms with van der Waals surface area (Å²) in [7, 11) is -9.37. The number of benzene rings is 4. The Bertz CT molecular complexity index is 2440. The quantitative estimate of drug-likeness (QED) is 0.125. The van der Waals surface area contributed by atoms with Crippen molar-refractivity contribution in [1.82, 2.24) is 0 Å². The molecule has 2 N–H and O–H groups in total. The summed E-state index contributed by atoms with van der Waals surface area (Å²) in [5.74, 6) is -5.26. The van der Waals surface area contributed by atoms with Crippen molar-refractivity contribution in [3.05, 3.63) is 129 Å². The molecule has 0 fully saturated rings. The number of phenols is 2.